The van der Waals surface area contributed by atoms with Crippen LogP contribution in [0.25, 0.3) is 0 Å². The molecule has 3 aromatic rings. The van der Waals surface area contributed by atoms with Gasteiger partial charge in [0.15, 0.2) is 5.76 Å². The number of fused-ring (bicyclic) bond motifs is 1. The quantitative estimate of drug-likeness (QED) is 0.502. The lowest BCUT2D eigenvalue weighted by Gasteiger charge is -2.39. The zero-order valence-corrected chi connectivity index (χ0v) is 20.5. The number of nitrogens with one attached hydrogen (secondary N) is 1. The number of rotatable bonds is 7. The number of nitrogens with zero attached hydrogens (tertiary/aromatic N) is 1. The zero-order valence-electron chi connectivity index (χ0n) is 20.5. The lowest BCUT2D eigenvalue weighted by molar-refractivity contribution is -0.136. The molecule has 1 N–H and O–H groups in total. The summed E-state index contributed by atoms with van der Waals surface area (Å²) in [4.78, 5) is 27.0. The summed E-state index contributed by atoms with van der Waals surface area (Å²) in [7, 11) is 0. The van der Waals surface area contributed by atoms with Gasteiger partial charge in [-0.1, -0.05) is 32.0 Å². The average molecular weight is 479 g/mol. The fraction of sp³-hybridized carbons (Fsp3) is 0.357. The second kappa shape index (κ2) is 10.3. The summed E-state index contributed by atoms with van der Waals surface area (Å²) in [6.45, 7) is 8.23. The fourth-order valence-electron chi connectivity index (χ4n) is 4.35. The van der Waals surface area contributed by atoms with Gasteiger partial charge >= 0.3 is 0 Å². The molecule has 1 aliphatic rings. The van der Waals surface area contributed by atoms with Gasteiger partial charge in [0.1, 0.15) is 23.9 Å². The summed E-state index contributed by atoms with van der Waals surface area (Å²) < 4.78 is 25.7. The minimum absolute atomic E-state index is 0.0102. The normalized spacial score (nSPS) is 15.3. The molecule has 4 rings (SSSR count). The predicted octanol–water partition coefficient (Wildman–Crippen LogP) is 5.27. The highest BCUT2D eigenvalue weighted by Gasteiger charge is 2.33. The molecule has 0 aliphatic carbocycles. The van der Waals surface area contributed by atoms with Gasteiger partial charge in [-0.25, -0.2) is 4.39 Å². The van der Waals surface area contributed by atoms with Crippen molar-refractivity contribution in [2.24, 2.45) is 5.92 Å². The molecule has 2 aromatic carbocycles. The summed E-state index contributed by atoms with van der Waals surface area (Å²) in [5.41, 5.74) is 2.75. The Hall–Kier alpha value is -3.61. The highest BCUT2D eigenvalue weighted by Crippen LogP contribution is 2.38. The van der Waals surface area contributed by atoms with E-state index in [2.05, 4.69) is 5.32 Å². The van der Waals surface area contributed by atoms with Gasteiger partial charge in [0, 0.05) is 18.5 Å². The maximum Gasteiger partial charge on any atom is 0.287 e. The summed E-state index contributed by atoms with van der Waals surface area (Å²) >= 11 is 0. The van der Waals surface area contributed by atoms with Gasteiger partial charge in [0.05, 0.1) is 6.04 Å². The summed E-state index contributed by atoms with van der Waals surface area (Å²) in [6, 6.07) is 15.2. The Morgan fingerprint density at radius 3 is 2.63 bits per heavy atom. The second-order valence-electron chi connectivity index (χ2n) is 9.44. The molecule has 0 spiro atoms. The first-order valence-electron chi connectivity index (χ1n) is 11.9. The minimum Gasteiger partial charge on any atom is -0.486 e. The summed E-state index contributed by atoms with van der Waals surface area (Å²) in [6.07, 6.45) is 0.715. The number of benzene rings is 2. The molecule has 1 atom stereocenters. The number of hydrogen-bond acceptors (Lipinski definition) is 4. The van der Waals surface area contributed by atoms with Crippen molar-refractivity contribution in [2.45, 2.75) is 52.8 Å². The molecule has 1 aromatic heterocycles. The van der Waals surface area contributed by atoms with E-state index in [4.69, 9.17) is 9.15 Å². The highest BCUT2D eigenvalue weighted by molar-refractivity contribution is 5.91. The van der Waals surface area contributed by atoms with Gasteiger partial charge in [0.2, 0.25) is 5.91 Å². The highest BCUT2D eigenvalue weighted by atomic mass is 19.1. The Morgan fingerprint density at radius 1 is 1.11 bits per heavy atom. The molecule has 2 amide bonds. The lowest BCUT2D eigenvalue weighted by Crippen LogP contribution is -2.42. The smallest absolute Gasteiger partial charge is 0.287 e. The van der Waals surface area contributed by atoms with Crippen LogP contribution < -0.4 is 10.1 Å². The zero-order chi connectivity index (χ0) is 25.1. The largest absolute Gasteiger partial charge is 0.486 e. The third kappa shape index (κ3) is 5.56. The van der Waals surface area contributed by atoms with E-state index in [0.717, 1.165) is 16.7 Å². The van der Waals surface area contributed by atoms with Gasteiger partial charge in [-0.2, -0.15) is 0 Å². The molecule has 184 valence electrons. The number of amides is 2. The van der Waals surface area contributed by atoms with Crippen LogP contribution in [0.5, 0.6) is 5.75 Å². The van der Waals surface area contributed by atoms with Crippen molar-refractivity contribution in [2.75, 3.05) is 6.54 Å². The van der Waals surface area contributed by atoms with Crippen molar-refractivity contribution in [3.8, 4) is 5.75 Å². The molecular weight excluding hydrogens is 447 g/mol. The van der Waals surface area contributed by atoms with Crippen LogP contribution in [-0.2, 0) is 17.8 Å². The van der Waals surface area contributed by atoms with Crippen LogP contribution >= 0.6 is 0 Å². The van der Waals surface area contributed by atoms with E-state index in [1.54, 1.807) is 18.2 Å². The van der Waals surface area contributed by atoms with E-state index in [-0.39, 0.29) is 42.0 Å². The molecule has 1 aliphatic heterocycles. The molecule has 7 heteroatoms. The number of carbonyl (C=O) groups excluding carboxylic acids is 2. The van der Waals surface area contributed by atoms with Crippen LogP contribution in [-0.4, -0.2) is 29.3 Å². The third-order valence-electron chi connectivity index (χ3n) is 5.97. The maximum absolute atomic E-state index is 14.1. The Bertz CT molecular complexity index is 1220. The predicted molar refractivity (Wildman–Crippen MR) is 131 cm³/mol. The average Bonchev–Trinajstić information content (AvgIpc) is 3.30. The first-order valence-corrected chi connectivity index (χ1v) is 11.9. The molecule has 0 radical (unpaired) electrons. The maximum atomic E-state index is 14.1. The van der Waals surface area contributed by atoms with Crippen molar-refractivity contribution in [1.29, 1.82) is 0 Å². The fourth-order valence-corrected chi connectivity index (χ4v) is 4.35. The molecule has 35 heavy (non-hydrogen) atoms. The Kier molecular flexibility index (Phi) is 7.24. The van der Waals surface area contributed by atoms with E-state index in [9.17, 15) is 14.0 Å². The second-order valence-corrected chi connectivity index (χ2v) is 9.44. The van der Waals surface area contributed by atoms with E-state index < -0.39 is 6.04 Å². The number of ether oxygens (including phenoxy) is 1. The first kappa shape index (κ1) is 24.5. The lowest BCUT2D eigenvalue weighted by atomic mass is 9.87. The van der Waals surface area contributed by atoms with E-state index in [1.165, 1.54) is 12.1 Å². The van der Waals surface area contributed by atoms with Gasteiger partial charge in [-0.05, 0) is 73.4 Å². The van der Waals surface area contributed by atoms with Crippen LogP contribution in [0, 0.1) is 11.7 Å². The standard InChI is InChI=1S/C28H31FN2O4/c1-17(2)28(33)31-13-12-19-8-9-22(15-24(19)26(31)20-6-5-7-21(29)14-20)34-16-23-10-11-25(35-23)27(32)30-18(3)4/h5-11,14-15,17-18,26H,12-13,16H2,1-4H3,(H,30,32)/t26-/m1/s1. The molecule has 0 saturated heterocycles. The van der Waals surface area contributed by atoms with E-state index in [0.29, 0.717) is 24.5 Å². The molecule has 0 saturated carbocycles. The Labute approximate surface area is 205 Å². The number of carbonyl (C=O) groups is 2. The first-order chi connectivity index (χ1) is 16.7. The van der Waals surface area contributed by atoms with Crippen molar-refractivity contribution in [3.63, 3.8) is 0 Å². The number of furan rings is 1. The van der Waals surface area contributed by atoms with Crippen molar-refractivity contribution in [1.82, 2.24) is 10.2 Å². The van der Waals surface area contributed by atoms with Gasteiger partial charge < -0.3 is 19.4 Å². The Balaban J connectivity index is 1.59. The number of hydrogen-bond donors (Lipinski definition) is 1. The number of halogens is 1. The monoisotopic (exact) mass is 478 g/mol. The molecule has 2 heterocycles. The third-order valence-corrected chi connectivity index (χ3v) is 5.97. The van der Waals surface area contributed by atoms with Gasteiger partial charge in [0.25, 0.3) is 5.91 Å². The summed E-state index contributed by atoms with van der Waals surface area (Å²) in [5.74, 6) is 0.606. The van der Waals surface area contributed by atoms with E-state index >= 15 is 0 Å². The molecule has 0 bridgehead atoms. The van der Waals surface area contributed by atoms with Gasteiger partial charge in [-0.15, -0.1) is 0 Å². The van der Waals surface area contributed by atoms with Crippen molar-refractivity contribution >= 4 is 11.8 Å². The summed E-state index contributed by atoms with van der Waals surface area (Å²) in [5, 5.41) is 2.79. The molecular formula is C28H31FN2O4. The van der Waals surface area contributed by atoms with Crippen molar-refractivity contribution in [3.05, 3.63) is 88.6 Å². The van der Waals surface area contributed by atoms with Crippen LogP contribution in [0.15, 0.2) is 59.0 Å². The van der Waals surface area contributed by atoms with Crippen LogP contribution in [0.1, 0.15) is 66.7 Å². The van der Waals surface area contributed by atoms with Gasteiger partial charge in [-0.3, -0.25) is 9.59 Å². The van der Waals surface area contributed by atoms with Crippen LogP contribution in [0.4, 0.5) is 4.39 Å². The molecule has 6 nitrogen and oxygen atoms in total. The molecule has 0 fully saturated rings. The van der Waals surface area contributed by atoms with Crippen LogP contribution in [0.2, 0.25) is 0 Å². The SMILES string of the molecule is CC(C)NC(=O)c1ccc(COc2ccc3c(c2)[C@@H](c2cccc(F)c2)N(C(=O)C(C)C)CC3)o1. The minimum atomic E-state index is -0.400. The topological polar surface area (TPSA) is 71.8 Å². The van der Waals surface area contributed by atoms with Crippen LogP contribution in [0.3, 0.4) is 0 Å². The Morgan fingerprint density at radius 2 is 1.91 bits per heavy atom. The van der Waals surface area contributed by atoms with E-state index in [1.807, 2.05) is 56.9 Å². The molecule has 0 unspecified atom stereocenters. The van der Waals surface area contributed by atoms with Crippen molar-refractivity contribution < 1.29 is 23.1 Å².